The van der Waals surface area contributed by atoms with E-state index >= 15 is 0 Å². The van der Waals surface area contributed by atoms with Gasteiger partial charge in [-0.3, -0.25) is 4.79 Å². The summed E-state index contributed by atoms with van der Waals surface area (Å²) in [5.41, 5.74) is 3.30. The molecule has 0 bridgehead atoms. The summed E-state index contributed by atoms with van der Waals surface area (Å²) in [6.45, 7) is 7.77. The minimum atomic E-state index is 0.0182. The quantitative estimate of drug-likeness (QED) is 0.890. The molecule has 3 heteroatoms. The van der Waals surface area contributed by atoms with Crippen molar-refractivity contribution in [2.24, 2.45) is 0 Å². The summed E-state index contributed by atoms with van der Waals surface area (Å²) in [6, 6.07) is 6.68. The van der Waals surface area contributed by atoms with E-state index in [2.05, 4.69) is 37.1 Å². The number of hydrogen-bond donors (Lipinski definition) is 1. The van der Waals surface area contributed by atoms with Crippen LogP contribution >= 0.6 is 0 Å². The average Bonchev–Trinajstić information content (AvgIpc) is 2.45. The second kappa shape index (κ2) is 6.29. The smallest absolute Gasteiger partial charge is 0.253 e. The number of para-hydroxylation sites is 1. The van der Waals surface area contributed by atoms with E-state index in [0.717, 1.165) is 24.2 Å². The molecular formula is C17H26N2O. The van der Waals surface area contributed by atoms with Crippen LogP contribution in [0.15, 0.2) is 18.2 Å². The first kappa shape index (κ1) is 14.9. The van der Waals surface area contributed by atoms with Crippen molar-refractivity contribution < 1.29 is 4.79 Å². The zero-order valence-corrected chi connectivity index (χ0v) is 13.1. The van der Waals surface area contributed by atoms with E-state index in [1.807, 2.05) is 12.1 Å². The summed E-state index contributed by atoms with van der Waals surface area (Å²) in [5, 5.41) is 2.77. The van der Waals surface area contributed by atoms with Crippen LogP contribution in [0.2, 0.25) is 0 Å². The Morgan fingerprint density at radius 1 is 1.50 bits per heavy atom. The normalized spacial score (nSPS) is 19.4. The van der Waals surface area contributed by atoms with Crippen molar-refractivity contribution in [1.29, 1.82) is 0 Å². The van der Waals surface area contributed by atoms with Gasteiger partial charge in [-0.25, -0.2) is 0 Å². The van der Waals surface area contributed by atoms with Crippen LogP contribution in [0.4, 0.5) is 5.69 Å². The van der Waals surface area contributed by atoms with Crippen LogP contribution in [-0.4, -0.2) is 25.5 Å². The van der Waals surface area contributed by atoms with E-state index in [0.29, 0.717) is 12.0 Å². The molecule has 1 heterocycles. The van der Waals surface area contributed by atoms with Crippen molar-refractivity contribution in [2.45, 2.75) is 52.0 Å². The van der Waals surface area contributed by atoms with E-state index in [4.69, 9.17) is 0 Å². The maximum absolute atomic E-state index is 12.2. The Bertz CT molecular complexity index is 484. The van der Waals surface area contributed by atoms with Gasteiger partial charge in [0.2, 0.25) is 0 Å². The topological polar surface area (TPSA) is 32.3 Å². The number of amides is 1. The molecule has 1 aliphatic rings. The highest BCUT2D eigenvalue weighted by atomic mass is 16.1. The van der Waals surface area contributed by atoms with Gasteiger partial charge in [0.15, 0.2) is 0 Å². The molecule has 0 saturated carbocycles. The van der Waals surface area contributed by atoms with Crippen LogP contribution in [-0.2, 0) is 0 Å². The molecule has 2 unspecified atom stereocenters. The van der Waals surface area contributed by atoms with Crippen molar-refractivity contribution in [1.82, 2.24) is 5.32 Å². The minimum Gasteiger partial charge on any atom is -0.368 e. The van der Waals surface area contributed by atoms with Crippen LogP contribution in [0.25, 0.3) is 0 Å². The first-order valence-electron chi connectivity index (χ1n) is 7.71. The summed E-state index contributed by atoms with van der Waals surface area (Å²) in [4.78, 5) is 14.6. The van der Waals surface area contributed by atoms with E-state index in [9.17, 15) is 4.79 Å². The fraction of sp³-hybridized carbons (Fsp3) is 0.588. The molecule has 1 aromatic carbocycles. The number of rotatable bonds is 5. The number of hydrogen-bond acceptors (Lipinski definition) is 2. The first-order valence-corrected chi connectivity index (χ1v) is 7.71. The minimum absolute atomic E-state index is 0.0182. The third kappa shape index (κ3) is 2.67. The van der Waals surface area contributed by atoms with Gasteiger partial charge in [-0.15, -0.1) is 0 Å². The number of anilines is 1. The third-order valence-electron chi connectivity index (χ3n) is 4.40. The Balaban J connectivity index is 2.47. The molecule has 0 aliphatic carbocycles. The highest BCUT2D eigenvalue weighted by Crippen LogP contribution is 2.37. The lowest BCUT2D eigenvalue weighted by molar-refractivity contribution is 0.0963. The van der Waals surface area contributed by atoms with Gasteiger partial charge in [-0.1, -0.05) is 32.4 Å². The van der Waals surface area contributed by atoms with Crippen LogP contribution < -0.4 is 10.2 Å². The molecule has 2 rings (SSSR count). The van der Waals surface area contributed by atoms with Crippen LogP contribution in [0, 0.1) is 0 Å². The molecule has 0 aromatic heterocycles. The van der Waals surface area contributed by atoms with Crippen molar-refractivity contribution in [3.8, 4) is 0 Å². The Labute approximate surface area is 122 Å². The van der Waals surface area contributed by atoms with Gasteiger partial charge in [-0.05, 0) is 37.3 Å². The van der Waals surface area contributed by atoms with Gasteiger partial charge in [0.05, 0.1) is 11.3 Å². The molecule has 1 aromatic rings. The second-order valence-corrected chi connectivity index (χ2v) is 5.84. The van der Waals surface area contributed by atoms with Gasteiger partial charge in [0.25, 0.3) is 5.91 Å². The van der Waals surface area contributed by atoms with Crippen molar-refractivity contribution >= 4 is 11.6 Å². The molecule has 3 nitrogen and oxygen atoms in total. The molecule has 2 atom stereocenters. The molecule has 1 amide bonds. The van der Waals surface area contributed by atoms with Crippen molar-refractivity contribution in [2.75, 3.05) is 18.5 Å². The zero-order chi connectivity index (χ0) is 14.7. The lowest BCUT2D eigenvalue weighted by Crippen LogP contribution is -2.47. The molecule has 0 spiro atoms. The maximum Gasteiger partial charge on any atom is 0.253 e. The van der Waals surface area contributed by atoms with Gasteiger partial charge in [-0.2, -0.15) is 0 Å². The summed E-state index contributed by atoms with van der Waals surface area (Å²) in [5.74, 6) is 0.511. The number of carbonyl (C=O) groups is 1. The largest absolute Gasteiger partial charge is 0.368 e. The number of nitrogens with one attached hydrogen (secondary N) is 1. The lowest BCUT2D eigenvalue weighted by Gasteiger charge is -2.43. The average molecular weight is 274 g/mol. The molecule has 1 aliphatic heterocycles. The number of carbonyl (C=O) groups excluding carboxylic acids is 1. The van der Waals surface area contributed by atoms with E-state index in [1.165, 1.54) is 18.4 Å². The Morgan fingerprint density at radius 2 is 2.25 bits per heavy atom. The van der Waals surface area contributed by atoms with Crippen LogP contribution in [0.5, 0.6) is 0 Å². The van der Waals surface area contributed by atoms with Gasteiger partial charge >= 0.3 is 0 Å². The maximum atomic E-state index is 12.2. The molecule has 1 fully saturated rings. The Morgan fingerprint density at radius 3 is 2.75 bits per heavy atom. The number of benzene rings is 1. The molecule has 1 saturated heterocycles. The summed E-state index contributed by atoms with van der Waals surface area (Å²) in [6.07, 6.45) is 3.54. The second-order valence-electron chi connectivity index (χ2n) is 5.84. The monoisotopic (exact) mass is 274 g/mol. The third-order valence-corrected chi connectivity index (χ3v) is 4.40. The fourth-order valence-electron chi connectivity index (χ4n) is 3.03. The highest BCUT2D eigenvalue weighted by Gasteiger charge is 2.30. The zero-order valence-electron chi connectivity index (χ0n) is 13.1. The Hall–Kier alpha value is -1.51. The SMILES string of the molecule is CCCC(C)c1cccc(C(=O)NC)c1N1CCC1C. The van der Waals surface area contributed by atoms with E-state index < -0.39 is 0 Å². The standard InChI is InChI=1S/C17H26N2O/c1-5-7-12(2)14-8-6-9-15(17(20)18-4)16(14)19-11-10-13(19)3/h6,8-9,12-13H,5,7,10-11H2,1-4H3,(H,18,20). The summed E-state index contributed by atoms with van der Waals surface area (Å²) < 4.78 is 0. The van der Waals surface area contributed by atoms with E-state index in [-0.39, 0.29) is 5.91 Å². The first-order chi connectivity index (χ1) is 9.60. The molecule has 1 N–H and O–H groups in total. The fourth-order valence-corrected chi connectivity index (χ4v) is 3.03. The van der Waals surface area contributed by atoms with Gasteiger partial charge in [0.1, 0.15) is 0 Å². The van der Waals surface area contributed by atoms with Gasteiger partial charge in [0, 0.05) is 19.6 Å². The Kier molecular flexibility index (Phi) is 4.69. The van der Waals surface area contributed by atoms with Gasteiger partial charge < -0.3 is 10.2 Å². The van der Waals surface area contributed by atoms with Crippen molar-refractivity contribution in [3.05, 3.63) is 29.3 Å². The summed E-state index contributed by atoms with van der Waals surface area (Å²) >= 11 is 0. The van der Waals surface area contributed by atoms with Crippen LogP contribution in [0.1, 0.15) is 61.9 Å². The number of nitrogens with zero attached hydrogens (tertiary/aromatic N) is 1. The molecular weight excluding hydrogens is 248 g/mol. The highest BCUT2D eigenvalue weighted by molar-refractivity contribution is 6.00. The predicted octanol–water partition coefficient (Wildman–Crippen LogP) is 3.55. The molecule has 20 heavy (non-hydrogen) atoms. The lowest BCUT2D eigenvalue weighted by atomic mass is 9.89. The predicted molar refractivity (Wildman–Crippen MR) is 84.6 cm³/mol. The van der Waals surface area contributed by atoms with Crippen molar-refractivity contribution in [3.63, 3.8) is 0 Å². The molecule has 110 valence electrons. The molecule has 0 radical (unpaired) electrons. The summed E-state index contributed by atoms with van der Waals surface area (Å²) in [7, 11) is 1.70. The van der Waals surface area contributed by atoms with Crippen LogP contribution in [0.3, 0.4) is 0 Å². The van der Waals surface area contributed by atoms with E-state index in [1.54, 1.807) is 7.05 Å².